The van der Waals surface area contributed by atoms with Gasteiger partial charge in [0.15, 0.2) is 0 Å². The Morgan fingerprint density at radius 3 is 2.33 bits per heavy atom. The molecule has 1 rings (SSSR count). The van der Waals surface area contributed by atoms with E-state index in [-0.39, 0.29) is 5.92 Å². The SMILES string of the molecule is CC(C=O)C(C)(C(=O)O)C1CCCCC1. The van der Waals surface area contributed by atoms with Gasteiger partial charge in [-0.05, 0) is 25.7 Å². The molecule has 1 fully saturated rings. The van der Waals surface area contributed by atoms with Crippen LogP contribution in [0, 0.1) is 17.3 Å². The van der Waals surface area contributed by atoms with Crippen molar-refractivity contribution in [3.05, 3.63) is 0 Å². The Morgan fingerprint density at radius 1 is 1.40 bits per heavy atom. The molecule has 0 heterocycles. The molecule has 0 bridgehead atoms. The van der Waals surface area contributed by atoms with Gasteiger partial charge in [0, 0.05) is 5.92 Å². The maximum Gasteiger partial charge on any atom is 0.310 e. The summed E-state index contributed by atoms with van der Waals surface area (Å²) in [6.45, 7) is 3.44. The largest absolute Gasteiger partial charge is 0.481 e. The second-order valence-corrected chi connectivity index (χ2v) is 4.85. The molecular formula is C12H20O3. The predicted octanol–water partition coefficient (Wildman–Crippen LogP) is 2.49. The molecule has 1 aliphatic rings. The molecule has 0 aromatic carbocycles. The molecule has 86 valence electrons. The van der Waals surface area contributed by atoms with Gasteiger partial charge in [0.1, 0.15) is 6.29 Å². The smallest absolute Gasteiger partial charge is 0.310 e. The van der Waals surface area contributed by atoms with Gasteiger partial charge in [-0.3, -0.25) is 4.79 Å². The molecule has 3 heteroatoms. The van der Waals surface area contributed by atoms with Crippen molar-refractivity contribution in [1.29, 1.82) is 0 Å². The highest BCUT2D eigenvalue weighted by Gasteiger charge is 2.45. The standard InChI is InChI=1S/C12H20O3/c1-9(8-13)12(2,11(14)15)10-6-4-3-5-7-10/h8-10H,3-7H2,1-2H3,(H,14,15). The summed E-state index contributed by atoms with van der Waals surface area (Å²) < 4.78 is 0. The molecule has 0 aromatic heterocycles. The van der Waals surface area contributed by atoms with Gasteiger partial charge in [-0.25, -0.2) is 0 Å². The van der Waals surface area contributed by atoms with E-state index in [1.54, 1.807) is 13.8 Å². The predicted molar refractivity (Wildman–Crippen MR) is 57.5 cm³/mol. The van der Waals surface area contributed by atoms with Crippen molar-refractivity contribution in [2.45, 2.75) is 46.0 Å². The Labute approximate surface area is 90.9 Å². The van der Waals surface area contributed by atoms with Gasteiger partial charge in [-0.1, -0.05) is 26.2 Å². The van der Waals surface area contributed by atoms with Crippen LogP contribution in [0.4, 0.5) is 0 Å². The normalized spacial score (nSPS) is 24.1. The fourth-order valence-electron chi connectivity index (χ4n) is 2.58. The zero-order chi connectivity index (χ0) is 11.5. The minimum atomic E-state index is -0.873. The van der Waals surface area contributed by atoms with Gasteiger partial charge in [-0.2, -0.15) is 0 Å². The minimum absolute atomic E-state index is 0.156. The zero-order valence-electron chi connectivity index (χ0n) is 9.53. The fraction of sp³-hybridized carbons (Fsp3) is 0.833. The van der Waals surface area contributed by atoms with Crippen molar-refractivity contribution in [2.75, 3.05) is 0 Å². The van der Waals surface area contributed by atoms with E-state index in [0.717, 1.165) is 32.0 Å². The second kappa shape index (κ2) is 4.77. The van der Waals surface area contributed by atoms with E-state index < -0.39 is 17.3 Å². The van der Waals surface area contributed by atoms with Crippen molar-refractivity contribution >= 4 is 12.3 Å². The molecule has 1 N–H and O–H groups in total. The van der Waals surface area contributed by atoms with Crippen LogP contribution in [0.5, 0.6) is 0 Å². The number of carbonyl (C=O) groups excluding carboxylic acids is 1. The molecule has 0 spiro atoms. The molecule has 0 saturated heterocycles. The third kappa shape index (κ3) is 2.21. The van der Waals surface area contributed by atoms with E-state index in [1.165, 1.54) is 6.42 Å². The maximum absolute atomic E-state index is 11.4. The van der Waals surface area contributed by atoms with Crippen molar-refractivity contribution in [1.82, 2.24) is 0 Å². The highest BCUT2D eigenvalue weighted by atomic mass is 16.4. The Balaban J connectivity index is 2.88. The van der Waals surface area contributed by atoms with Gasteiger partial charge < -0.3 is 9.90 Å². The van der Waals surface area contributed by atoms with Crippen LogP contribution in [0.15, 0.2) is 0 Å². The monoisotopic (exact) mass is 212 g/mol. The number of hydrogen-bond acceptors (Lipinski definition) is 2. The summed E-state index contributed by atoms with van der Waals surface area (Å²) in [6.07, 6.45) is 6.06. The number of hydrogen-bond donors (Lipinski definition) is 1. The van der Waals surface area contributed by atoms with Gasteiger partial charge >= 0.3 is 5.97 Å². The van der Waals surface area contributed by atoms with Crippen LogP contribution >= 0.6 is 0 Å². The molecule has 2 unspecified atom stereocenters. The summed E-state index contributed by atoms with van der Waals surface area (Å²) in [6, 6.07) is 0. The molecule has 2 atom stereocenters. The fourth-order valence-corrected chi connectivity index (χ4v) is 2.58. The maximum atomic E-state index is 11.4. The summed E-state index contributed by atoms with van der Waals surface area (Å²) in [4.78, 5) is 22.2. The average Bonchev–Trinajstić information content (AvgIpc) is 2.27. The van der Waals surface area contributed by atoms with Crippen LogP contribution in [0.25, 0.3) is 0 Å². The number of aliphatic carboxylic acids is 1. The Hall–Kier alpha value is -0.860. The summed E-state index contributed by atoms with van der Waals surface area (Å²) >= 11 is 0. The minimum Gasteiger partial charge on any atom is -0.481 e. The average molecular weight is 212 g/mol. The van der Waals surface area contributed by atoms with Crippen LogP contribution in [0.3, 0.4) is 0 Å². The molecule has 3 nitrogen and oxygen atoms in total. The summed E-state index contributed by atoms with van der Waals surface area (Å²) in [7, 11) is 0. The molecule has 0 aliphatic heterocycles. The lowest BCUT2D eigenvalue weighted by Gasteiger charge is -2.38. The Kier molecular flexibility index (Phi) is 3.89. The number of carbonyl (C=O) groups is 2. The van der Waals surface area contributed by atoms with Crippen molar-refractivity contribution in [3.8, 4) is 0 Å². The van der Waals surface area contributed by atoms with Gasteiger partial charge in [0.05, 0.1) is 5.41 Å². The van der Waals surface area contributed by atoms with Crippen LogP contribution in [0.1, 0.15) is 46.0 Å². The zero-order valence-corrected chi connectivity index (χ0v) is 9.53. The Morgan fingerprint density at radius 2 is 1.93 bits per heavy atom. The van der Waals surface area contributed by atoms with E-state index in [1.807, 2.05) is 0 Å². The second-order valence-electron chi connectivity index (χ2n) is 4.85. The van der Waals surface area contributed by atoms with Crippen LogP contribution in [0.2, 0.25) is 0 Å². The molecule has 1 aliphatic carbocycles. The quantitative estimate of drug-likeness (QED) is 0.728. The topological polar surface area (TPSA) is 54.4 Å². The van der Waals surface area contributed by atoms with Crippen LogP contribution in [-0.2, 0) is 9.59 Å². The van der Waals surface area contributed by atoms with Crippen LogP contribution in [-0.4, -0.2) is 17.4 Å². The van der Waals surface area contributed by atoms with Gasteiger partial charge in [0.25, 0.3) is 0 Å². The summed E-state index contributed by atoms with van der Waals surface area (Å²) in [5, 5.41) is 9.33. The van der Waals surface area contributed by atoms with E-state index in [9.17, 15) is 14.7 Å². The first-order valence-corrected chi connectivity index (χ1v) is 5.72. The Bertz CT molecular complexity index is 243. The van der Waals surface area contributed by atoms with E-state index in [4.69, 9.17) is 0 Å². The van der Waals surface area contributed by atoms with Crippen molar-refractivity contribution in [2.24, 2.45) is 17.3 Å². The van der Waals surface area contributed by atoms with E-state index >= 15 is 0 Å². The lowest BCUT2D eigenvalue weighted by Crippen LogP contribution is -2.43. The molecule has 1 saturated carbocycles. The first-order chi connectivity index (χ1) is 7.03. The van der Waals surface area contributed by atoms with Crippen molar-refractivity contribution < 1.29 is 14.7 Å². The van der Waals surface area contributed by atoms with Crippen LogP contribution < -0.4 is 0 Å². The first-order valence-electron chi connectivity index (χ1n) is 5.72. The highest BCUT2D eigenvalue weighted by molar-refractivity contribution is 5.79. The molecule has 15 heavy (non-hydrogen) atoms. The molecule has 0 aromatic rings. The number of aldehydes is 1. The number of carboxylic acid groups (broad SMARTS) is 1. The number of carboxylic acids is 1. The van der Waals surface area contributed by atoms with Crippen molar-refractivity contribution in [3.63, 3.8) is 0 Å². The lowest BCUT2D eigenvalue weighted by molar-refractivity contribution is -0.157. The van der Waals surface area contributed by atoms with Gasteiger partial charge in [-0.15, -0.1) is 0 Å². The van der Waals surface area contributed by atoms with Gasteiger partial charge in [0.2, 0.25) is 0 Å². The lowest BCUT2D eigenvalue weighted by atomic mass is 9.64. The molecular weight excluding hydrogens is 192 g/mol. The van der Waals surface area contributed by atoms with E-state index in [0.29, 0.717) is 0 Å². The molecule has 0 radical (unpaired) electrons. The third-order valence-electron chi connectivity index (χ3n) is 4.06. The number of rotatable bonds is 4. The van der Waals surface area contributed by atoms with E-state index in [2.05, 4.69) is 0 Å². The molecule has 0 amide bonds. The first kappa shape index (κ1) is 12.2. The highest BCUT2D eigenvalue weighted by Crippen LogP contribution is 2.43. The summed E-state index contributed by atoms with van der Waals surface area (Å²) in [5.74, 6) is -1.07. The third-order valence-corrected chi connectivity index (χ3v) is 4.06. The summed E-state index contributed by atoms with van der Waals surface area (Å²) in [5.41, 5.74) is -0.873.